The minimum atomic E-state index is -1.83. The maximum absolute atomic E-state index is 11.2. The average molecular weight is 299 g/mol. The Morgan fingerprint density at radius 1 is 0.773 bits per heavy atom. The van der Waals surface area contributed by atoms with Crippen LogP contribution in [0.5, 0.6) is 0 Å². The van der Waals surface area contributed by atoms with Crippen LogP contribution in [-0.2, 0) is 0 Å². The maximum atomic E-state index is 11.2. The maximum Gasteiger partial charge on any atom is 0.503 e. The lowest BCUT2D eigenvalue weighted by Crippen LogP contribution is -1.96. The zero-order valence-corrected chi connectivity index (χ0v) is 11.4. The number of rotatable bonds is 2. The van der Waals surface area contributed by atoms with Gasteiger partial charge in [-0.25, -0.2) is 9.59 Å². The molecule has 22 heavy (non-hydrogen) atoms. The van der Waals surface area contributed by atoms with Gasteiger partial charge in [-0.3, -0.25) is 0 Å². The first kappa shape index (κ1) is 15.1. The average Bonchev–Trinajstić information content (AvgIpc) is 2.87. The van der Waals surface area contributed by atoms with Crippen molar-refractivity contribution in [3.05, 3.63) is 60.3 Å². The summed E-state index contributed by atoms with van der Waals surface area (Å²) >= 11 is 0. The predicted molar refractivity (Wildman–Crippen MR) is 81.3 cm³/mol. The fourth-order valence-corrected chi connectivity index (χ4v) is 2.18. The molecule has 0 aliphatic rings. The van der Waals surface area contributed by atoms with E-state index >= 15 is 0 Å². The van der Waals surface area contributed by atoms with Crippen molar-refractivity contribution < 1.29 is 24.9 Å². The van der Waals surface area contributed by atoms with Crippen molar-refractivity contribution in [2.75, 3.05) is 0 Å². The lowest BCUT2D eigenvalue weighted by atomic mass is 10.1. The van der Waals surface area contributed by atoms with Crippen LogP contribution in [0.25, 0.3) is 22.0 Å². The van der Waals surface area contributed by atoms with Crippen molar-refractivity contribution in [1.82, 2.24) is 4.98 Å². The summed E-state index contributed by atoms with van der Waals surface area (Å²) in [5.74, 6) is -0.937. The third-order valence-electron chi connectivity index (χ3n) is 2.99. The van der Waals surface area contributed by atoms with Crippen LogP contribution >= 0.6 is 0 Å². The summed E-state index contributed by atoms with van der Waals surface area (Å²) in [6.07, 6.45) is -1.83. The second kappa shape index (κ2) is 6.45. The summed E-state index contributed by atoms with van der Waals surface area (Å²) in [4.78, 5) is 22.8. The summed E-state index contributed by atoms with van der Waals surface area (Å²) in [6.45, 7) is 0. The van der Waals surface area contributed by atoms with E-state index in [2.05, 4.69) is 4.98 Å². The summed E-state index contributed by atoms with van der Waals surface area (Å²) in [6, 6.07) is 17.2. The lowest BCUT2D eigenvalue weighted by Gasteiger charge is -1.98. The number of hydrogen-bond acceptors (Lipinski definition) is 2. The van der Waals surface area contributed by atoms with Gasteiger partial charge in [0.1, 0.15) is 5.69 Å². The van der Waals surface area contributed by atoms with Gasteiger partial charge < -0.3 is 20.3 Å². The predicted octanol–water partition coefficient (Wildman–Crippen LogP) is 3.76. The lowest BCUT2D eigenvalue weighted by molar-refractivity contribution is 0.0693. The van der Waals surface area contributed by atoms with Crippen molar-refractivity contribution in [1.29, 1.82) is 0 Å². The smallest absolute Gasteiger partial charge is 0.477 e. The highest BCUT2D eigenvalue weighted by molar-refractivity contribution is 6.08. The number of aromatic carboxylic acids is 1. The highest BCUT2D eigenvalue weighted by atomic mass is 16.6. The van der Waals surface area contributed by atoms with Crippen LogP contribution in [0, 0.1) is 0 Å². The Hall–Kier alpha value is -3.28. The highest BCUT2D eigenvalue weighted by Crippen LogP contribution is 2.30. The van der Waals surface area contributed by atoms with E-state index in [4.69, 9.17) is 15.0 Å². The number of carboxylic acid groups (broad SMARTS) is 3. The quantitative estimate of drug-likeness (QED) is 0.576. The molecule has 0 aliphatic heterocycles. The molecule has 6 heteroatoms. The van der Waals surface area contributed by atoms with Crippen molar-refractivity contribution in [3.63, 3.8) is 0 Å². The molecule has 6 nitrogen and oxygen atoms in total. The molecule has 1 aromatic heterocycles. The fourth-order valence-electron chi connectivity index (χ4n) is 2.18. The number of carboxylic acids is 1. The van der Waals surface area contributed by atoms with E-state index in [1.54, 1.807) is 0 Å². The molecule has 112 valence electrons. The van der Waals surface area contributed by atoms with Gasteiger partial charge in [0.15, 0.2) is 0 Å². The summed E-state index contributed by atoms with van der Waals surface area (Å²) in [5.41, 5.74) is 2.08. The van der Waals surface area contributed by atoms with Crippen molar-refractivity contribution >= 4 is 22.9 Å². The molecular formula is C16H13NO5. The SMILES string of the molecule is O=C(O)O.O=C(O)c1[nH]c(-c2ccccc2)c2ccccc12. The zero-order valence-electron chi connectivity index (χ0n) is 11.4. The van der Waals surface area contributed by atoms with Gasteiger partial charge in [-0.15, -0.1) is 0 Å². The third kappa shape index (κ3) is 3.24. The van der Waals surface area contributed by atoms with Gasteiger partial charge in [-0.2, -0.15) is 0 Å². The largest absolute Gasteiger partial charge is 0.503 e. The molecule has 0 radical (unpaired) electrons. The number of nitrogens with one attached hydrogen (secondary N) is 1. The first-order valence-electron chi connectivity index (χ1n) is 6.32. The summed E-state index contributed by atoms with van der Waals surface area (Å²) < 4.78 is 0. The second-order valence-electron chi connectivity index (χ2n) is 4.37. The van der Waals surface area contributed by atoms with Gasteiger partial charge >= 0.3 is 12.1 Å². The Morgan fingerprint density at radius 3 is 1.82 bits per heavy atom. The topological polar surface area (TPSA) is 111 Å². The van der Waals surface area contributed by atoms with E-state index in [1.165, 1.54) is 0 Å². The Labute approximate surface area is 125 Å². The molecule has 2 aromatic carbocycles. The van der Waals surface area contributed by atoms with Gasteiger partial charge in [-0.1, -0.05) is 54.6 Å². The Balaban J connectivity index is 0.000000396. The normalized spacial score (nSPS) is 9.82. The number of aromatic nitrogens is 1. The van der Waals surface area contributed by atoms with Gasteiger partial charge in [0, 0.05) is 10.8 Å². The van der Waals surface area contributed by atoms with Gasteiger partial charge in [0.25, 0.3) is 0 Å². The Bertz CT molecular complexity index is 804. The third-order valence-corrected chi connectivity index (χ3v) is 2.99. The molecule has 0 bridgehead atoms. The van der Waals surface area contributed by atoms with Crippen LogP contribution < -0.4 is 0 Å². The van der Waals surface area contributed by atoms with Gasteiger partial charge in [-0.05, 0) is 5.56 Å². The Morgan fingerprint density at radius 2 is 1.27 bits per heavy atom. The minimum absolute atomic E-state index is 0.240. The molecule has 0 amide bonds. The second-order valence-corrected chi connectivity index (χ2v) is 4.37. The van der Waals surface area contributed by atoms with E-state index in [0.29, 0.717) is 0 Å². The summed E-state index contributed by atoms with van der Waals surface area (Å²) in [7, 11) is 0. The first-order valence-corrected chi connectivity index (χ1v) is 6.32. The zero-order chi connectivity index (χ0) is 16.1. The number of carbonyl (C=O) groups is 2. The number of hydrogen-bond donors (Lipinski definition) is 4. The fraction of sp³-hybridized carbons (Fsp3) is 0. The molecule has 3 aromatic rings. The number of aromatic amines is 1. The van der Waals surface area contributed by atoms with Crippen LogP contribution in [0.3, 0.4) is 0 Å². The summed E-state index contributed by atoms with van der Waals surface area (Å²) in [5, 5.41) is 24.8. The monoisotopic (exact) mass is 299 g/mol. The number of fused-ring (bicyclic) bond motifs is 1. The van der Waals surface area contributed by atoms with Crippen molar-refractivity contribution in [2.24, 2.45) is 0 Å². The van der Waals surface area contributed by atoms with Crippen LogP contribution in [0.15, 0.2) is 54.6 Å². The van der Waals surface area contributed by atoms with Gasteiger partial charge in [0.05, 0.1) is 5.69 Å². The van der Waals surface area contributed by atoms with Crippen LogP contribution in [0.1, 0.15) is 10.5 Å². The van der Waals surface area contributed by atoms with Crippen molar-refractivity contribution in [2.45, 2.75) is 0 Å². The molecule has 0 saturated heterocycles. The molecule has 3 rings (SSSR count). The number of H-pyrrole nitrogens is 1. The molecular weight excluding hydrogens is 286 g/mol. The molecule has 4 N–H and O–H groups in total. The molecule has 0 spiro atoms. The number of benzene rings is 2. The minimum Gasteiger partial charge on any atom is -0.477 e. The first-order chi connectivity index (χ1) is 10.5. The van der Waals surface area contributed by atoms with E-state index in [1.807, 2.05) is 54.6 Å². The van der Waals surface area contributed by atoms with Gasteiger partial charge in [0.2, 0.25) is 0 Å². The van der Waals surface area contributed by atoms with E-state index in [0.717, 1.165) is 22.0 Å². The van der Waals surface area contributed by atoms with Crippen LogP contribution in [0.4, 0.5) is 4.79 Å². The van der Waals surface area contributed by atoms with Crippen molar-refractivity contribution in [3.8, 4) is 11.3 Å². The van der Waals surface area contributed by atoms with E-state index in [9.17, 15) is 9.90 Å². The van der Waals surface area contributed by atoms with E-state index in [-0.39, 0.29) is 5.69 Å². The molecule has 0 atom stereocenters. The molecule has 0 fully saturated rings. The van der Waals surface area contributed by atoms with E-state index < -0.39 is 12.1 Å². The van der Waals surface area contributed by atoms with Crippen LogP contribution in [-0.4, -0.2) is 32.4 Å². The molecule has 0 saturated carbocycles. The molecule has 0 aliphatic carbocycles. The highest BCUT2D eigenvalue weighted by Gasteiger charge is 2.15. The van der Waals surface area contributed by atoms with Crippen LogP contribution in [0.2, 0.25) is 0 Å². The molecule has 0 unspecified atom stereocenters. The molecule has 1 heterocycles. The Kier molecular flexibility index (Phi) is 4.43. The standard InChI is InChI=1S/C15H11NO2.CH2O3/c17-15(18)14-12-9-5-4-8-11(12)13(16-14)10-6-2-1-3-7-10;2-1(3)4/h1-9,16H,(H,17,18);(H2,2,3,4).